The van der Waals surface area contributed by atoms with E-state index in [9.17, 15) is 9.18 Å². The minimum atomic E-state index is -0.311. The summed E-state index contributed by atoms with van der Waals surface area (Å²) in [7, 11) is 1.33. The Morgan fingerprint density at radius 2 is 2.38 bits per heavy atom. The molecule has 0 spiro atoms. The van der Waals surface area contributed by atoms with Gasteiger partial charge in [-0.15, -0.1) is 11.8 Å². The maximum absolute atomic E-state index is 12.6. The van der Waals surface area contributed by atoms with Crippen molar-refractivity contribution >= 4 is 17.7 Å². The first-order valence-electron chi connectivity index (χ1n) is 3.67. The number of carbonyl (C=O) groups is 1. The van der Waals surface area contributed by atoms with Crippen LogP contribution < -0.4 is 0 Å². The molecule has 0 N–H and O–H groups in total. The Morgan fingerprint density at radius 1 is 1.62 bits per heavy atom. The summed E-state index contributed by atoms with van der Waals surface area (Å²) in [6.07, 6.45) is 0. The first-order valence-corrected chi connectivity index (χ1v) is 4.66. The van der Waals surface area contributed by atoms with Crippen molar-refractivity contribution in [2.75, 3.05) is 12.9 Å². The Morgan fingerprint density at radius 3 is 3.00 bits per heavy atom. The van der Waals surface area contributed by atoms with Crippen molar-refractivity contribution in [2.45, 2.75) is 4.90 Å². The standard InChI is InChI=1S/C9H9FO2S/c1-12-9(11)6-13-8-4-2-3-7(10)5-8/h2-5H,6H2,1H3. The molecule has 13 heavy (non-hydrogen) atoms. The highest BCUT2D eigenvalue weighted by Crippen LogP contribution is 2.18. The first kappa shape index (κ1) is 10.1. The van der Waals surface area contributed by atoms with Gasteiger partial charge in [0.15, 0.2) is 0 Å². The molecule has 70 valence electrons. The maximum atomic E-state index is 12.6. The van der Waals surface area contributed by atoms with Crippen LogP contribution in [-0.2, 0) is 9.53 Å². The second-order valence-corrected chi connectivity index (χ2v) is 3.37. The topological polar surface area (TPSA) is 26.3 Å². The van der Waals surface area contributed by atoms with Gasteiger partial charge in [0.25, 0.3) is 0 Å². The summed E-state index contributed by atoms with van der Waals surface area (Å²) >= 11 is 1.25. The zero-order chi connectivity index (χ0) is 9.68. The van der Waals surface area contributed by atoms with E-state index in [2.05, 4.69) is 4.74 Å². The average Bonchev–Trinajstić information content (AvgIpc) is 2.14. The van der Waals surface area contributed by atoms with E-state index >= 15 is 0 Å². The third-order valence-electron chi connectivity index (χ3n) is 1.38. The van der Waals surface area contributed by atoms with Gasteiger partial charge in [-0.25, -0.2) is 4.39 Å². The number of rotatable bonds is 3. The minimum Gasteiger partial charge on any atom is -0.468 e. The summed E-state index contributed by atoms with van der Waals surface area (Å²) in [6, 6.07) is 6.10. The van der Waals surface area contributed by atoms with E-state index in [1.807, 2.05) is 0 Å². The third-order valence-corrected chi connectivity index (χ3v) is 2.35. The van der Waals surface area contributed by atoms with Gasteiger partial charge in [-0.05, 0) is 18.2 Å². The summed E-state index contributed by atoms with van der Waals surface area (Å²) in [6.45, 7) is 0. The maximum Gasteiger partial charge on any atom is 0.315 e. The van der Waals surface area contributed by atoms with Crippen LogP contribution in [0.2, 0.25) is 0 Å². The molecule has 0 aromatic heterocycles. The Bertz CT molecular complexity index is 301. The molecule has 0 bridgehead atoms. The Kier molecular flexibility index (Phi) is 3.76. The Balaban J connectivity index is 2.50. The summed E-state index contributed by atoms with van der Waals surface area (Å²) in [5.41, 5.74) is 0. The van der Waals surface area contributed by atoms with E-state index in [0.29, 0.717) is 0 Å². The van der Waals surface area contributed by atoms with Crippen molar-refractivity contribution < 1.29 is 13.9 Å². The lowest BCUT2D eigenvalue weighted by molar-refractivity contribution is -0.137. The van der Waals surface area contributed by atoms with Crippen molar-refractivity contribution in [2.24, 2.45) is 0 Å². The van der Waals surface area contributed by atoms with Gasteiger partial charge >= 0.3 is 5.97 Å². The molecule has 1 aromatic rings. The molecule has 0 radical (unpaired) electrons. The monoisotopic (exact) mass is 200 g/mol. The number of methoxy groups -OCH3 is 1. The first-order chi connectivity index (χ1) is 6.22. The van der Waals surface area contributed by atoms with Gasteiger partial charge in [0.05, 0.1) is 12.9 Å². The fourth-order valence-electron chi connectivity index (χ4n) is 0.758. The van der Waals surface area contributed by atoms with Gasteiger partial charge in [0.1, 0.15) is 5.82 Å². The molecule has 0 amide bonds. The number of thioether (sulfide) groups is 1. The van der Waals surface area contributed by atoms with Gasteiger partial charge < -0.3 is 4.74 Å². The minimum absolute atomic E-state index is 0.208. The van der Waals surface area contributed by atoms with E-state index in [1.165, 1.54) is 31.0 Å². The number of ether oxygens (including phenoxy) is 1. The van der Waals surface area contributed by atoms with E-state index in [4.69, 9.17) is 0 Å². The van der Waals surface area contributed by atoms with Crippen LogP contribution in [0.15, 0.2) is 29.2 Å². The van der Waals surface area contributed by atoms with Gasteiger partial charge in [0.2, 0.25) is 0 Å². The smallest absolute Gasteiger partial charge is 0.315 e. The lowest BCUT2D eigenvalue weighted by Crippen LogP contribution is -2.02. The summed E-state index contributed by atoms with van der Waals surface area (Å²) in [5, 5.41) is 0. The molecule has 0 heterocycles. The van der Waals surface area contributed by atoms with Crippen LogP contribution >= 0.6 is 11.8 Å². The van der Waals surface area contributed by atoms with E-state index < -0.39 is 0 Å². The van der Waals surface area contributed by atoms with Crippen molar-refractivity contribution in [1.29, 1.82) is 0 Å². The highest BCUT2D eigenvalue weighted by atomic mass is 32.2. The molecule has 2 nitrogen and oxygen atoms in total. The molecule has 0 unspecified atom stereocenters. The van der Waals surface area contributed by atoms with Crippen molar-refractivity contribution in [3.63, 3.8) is 0 Å². The fourth-order valence-corrected chi connectivity index (χ4v) is 1.53. The van der Waals surface area contributed by atoms with Crippen LogP contribution in [0.25, 0.3) is 0 Å². The fraction of sp³-hybridized carbons (Fsp3) is 0.222. The second kappa shape index (κ2) is 4.87. The lowest BCUT2D eigenvalue weighted by atomic mass is 10.4. The van der Waals surface area contributed by atoms with Gasteiger partial charge in [-0.1, -0.05) is 6.07 Å². The Hall–Kier alpha value is -1.03. The van der Waals surface area contributed by atoms with Crippen LogP contribution in [0.4, 0.5) is 4.39 Å². The average molecular weight is 200 g/mol. The number of halogens is 1. The SMILES string of the molecule is COC(=O)CSc1cccc(F)c1. The van der Waals surface area contributed by atoms with E-state index in [1.54, 1.807) is 12.1 Å². The molecule has 0 fully saturated rings. The molecule has 0 aliphatic carbocycles. The van der Waals surface area contributed by atoms with Crippen LogP contribution in [0.5, 0.6) is 0 Å². The number of esters is 1. The number of hydrogen-bond donors (Lipinski definition) is 0. The zero-order valence-electron chi connectivity index (χ0n) is 7.12. The number of hydrogen-bond acceptors (Lipinski definition) is 3. The van der Waals surface area contributed by atoms with Gasteiger partial charge in [0, 0.05) is 4.90 Å². The van der Waals surface area contributed by atoms with Crippen molar-refractivity contribution in [3.8, 4) is 0 Å². The highest BCUT2D eigenvalue weighted by Gasteiger charge is 2.01. The largest absolute Gasteiger partial charge is 0.468 e. The van der Waals surface area contributed by atoms with Crippen LogP contribution in [-0.4, -0.2) is 18.8 Å². The van der Waals surface area contributed by atoms with Crippen LogP contribution in [0.3, 0.4) is 0 Å². The molecular formula is C9H9FO2S. The predicted octanol–water partition coefficient (Wildman–Crippen LogP) is 2.09. The quantitative estimate of drug-likeness (QED) is 0.552. The molecule has 1 aromatic carbocycles. The van der Waals surface area contributed by atoms with Crippen LogP contribution in [0.1, 0.15) is 0 Å². The Labute approximate surface area is 80.1 Å². The van der Waals surface area contributed by atoms with Gasteiger partial charge in [-0.3, -0.25) is 4.79 Å². The number of carbonyl (C=O) groups excluding carboxylic acids is 1. The van der Waals surface area contributed by atoms with Crippen LogP contribution in [0, 0.1) is 5.82 Å². The molecule has 0 aliphatic heterocycles. The van der Waals surface area contributed by atoms with Crippen molar-refractivity contribution in [3.05, 3.63) is 30.1 Å². The van der Waals surface area contributed by atoms with Crippen molar-refractivity contribution in [1.82, 2.24) is 0 Å². The molecule has 4 heteroatoms. The highest BCUT2D eigenvalue weighted by molar-refractivity contribution is 8.00. The molecule has 0 atom stereocenters. The molecule has 1 rings (SSSR count). The molecule has 0 saturated heterocycles. The summed E-state index contributed by atoms with van der Waals surface area (Å²) in [4.78, 5) is 11.5. The second-order valence-electron chi connectivity index (χ2n) is 2.32. The third kappa shape index (κ3) is 3.46. The van der Waals surface area contributed by atoms with E-state index in [0.717, 1.165) is 4.90 Å². The summed E-state index contributed by atoms with van der Waals surface area (Å²) in [5.74, 6) is -0.399. The molecular weight excluding hydrogens is 191 g/mol. The van der Waals surface area contributed by atoms with E-state index in [-0.39, 0.29) is 17.5 Å². The predicted molar refractivity (Wildman–Crippen MR) is 49.1 cm³/mol. The van der Waals surface area contributed by atoms with Gasteiger partial charge in [-0.2, -0.15) is 0 Å². The number of benzene rings is 1. The zero-order valence-corrected chi connectivity index (χ0v) is 7.94. The lowest BCUT2D eigenvalue weighted by Gasteiger charge is -1.99. The molecule has 0 saturated carbocycles. The summed E-state index contributed by atoms with van der Waals surface area (Å²) < 4.78 is 17.1. The molecule has 0 aliphatic rings. The normalized spacial score (nSPS) is 9.69.